The molecule has 4 atom stereocenters. The van der Waals surface area contributed by atoms with Crippen molar-refractivity contribution in [1.82, 2.24) is 19.5 Å². The van der Waals surface area contributed by atoms with Crippen LogP contribution in [0.3, 0.4) is 0 Å². The van der Waals surface area contributed by atoms with Gasteiger partial charge in [-0.25, -0.2) is 15.0 Å². The molecule has 2 aliphatic carbocycles. The fourth-order valence-corrected chi connectivity index (χ4v) is 3.65. The highest BCUT2D eigenvalue weighted by molar-refractivity contribution is 5.82. The van der Waals surface area contributed by atoms with Crippen LogP contribution in [0.15, 0.2) is 12.7 Å². The van der Waals surface area contributed by atoms with Crippen LogP contribution in [0.2, 0.25) is 0 Å². The van der Waals surface area contributed by atoms with Gasteiger partial charge >= 0.3 is 0 Å². The Labute approximate surface area is 110 Å². The summed E-state index contributed by atoms with van der Waals surface area (Å²) in [5, 5.41) is 13.3. The van der Waals surface area contributed by atoms with Gasteiger partial charge in [-0.05, 0) is 31.1 Å². The Bertz CT molecular complexity index is 623. The maximum absolute atomic E-state index is 9.81. The number of nitrogens with zero attached hydrogens (tertiary/aromatic N) is 4. The molecule has 2 saturated carbocycles. The third-order valence-corrected chi connectivity index (χ3v) is 4.64. The largest absolute Gasteiger partial charge is 0.393 e. The summed E-state index contributed by atoms with van der Waals surface area (Å²) in [5.41, 5.74) is 1.68. The van der Waals surface area contributed by atoms with Gasteiger partial charge in [0.05, 0.1) is 12.4 Å². The fourth-order valence-electron chi connectivity index (χ4n) is 3.65. The van der Waals surface area contributed by atoms with E-state index in [0.717, 1.165) is 36.2 Å². The predicted octanol–water partition coefficient (Wildman–Crippen LogP) is 0.935. The molecule has 0 spiro atoms. The van der Waals surface area contributed by atoms with Crippen molar-refractivity contribution < 1.29 is 5.11 Å². The van der Waals surface area contributed by atoms with Crippen molar-refractivity contribution in [3.05, 3.63) is 12.7 Å². The molecule has 2 heterocycles. The van der Waals surface area contributed by atoms with E-state index in [-0.39, 0.29) is 6.10 Å². The molecule has 0 aliphatic heterocycles. The monoisotopic (exact) mass is 259 g/mol. The van der Waals surface area contributed by atoms with E-state index in [1.807, 2.05) is 11.6 Å². The van der Waals surface area contributed by atoms with E-state index in [2.05, 4.69) is 20.3 Å². The van der Waals surface area contributed by atoms with Crippen molar-refractivity contribution in [3.63, 3.8) is 0 Å². The first-order chi connectivity index (χ1) is 9.22. The van der Waals surface area contributed by atoms with Crippen molar-refractivity contribution in [1.29, 1.82) is 0 Å². The summed E-state index contributed by atoms with van der Waals surface area (Å²) in [4.78, 5) is 12.9. The van der Waals surface area contributed by atoms with Gasteiger partial charge in [-0.15, -0.1) is 0 Å². The lowest BCUT2D eigenvalue weighted by Crippen LogP contribution is -2.31. The molecule has 0 amide bonds. The van der Waals surface area contributed by atoms with E-state index >= 15 is 0 Å². The Morgan fingerprint density at radius 3 is 2.84 bits per heavy atom. The average molecular weight is 259 g/mol. The van der Waals surface area contributed by atoms with Crippen molar-refractivity contribution >= 4 is 17.0 Å². The molecule has 2 bridgehead atoms. The molecule has 100 valence electrons. The van der Waals surface area contributed by atoms with E-state index in [9.17, 15) is 5.11 Å². The first-order valence-electron chi connectivity index (χ1n) is 6.79. The molecule has 2 aromatic rings. The molecule has 6 heteroatoms. The summed E-state index contributed by atoms with van der Waals surface area (Å²) in [6.07, 6.45) is 6.32. The standard InChI is InChI=1S/C13H17N5O/c1-18-6-16-11-12(14-5-15-13(11)18)17-9-3-8-2-7(9)4-10(8)19/h5-10,19H,2-4H2,1H3,(H,14,15,17)/t7-,8-,9+,10+/m1/s1. The number of aromatic nitrogens is 4. The quantitative estimate of drug-likeness (QED) is 0.839. The molecule has 4 rings (SSSR count). The van der Waals surface area contributed by atoms with Gasteiger partial charge in [-0.1, -0.05) is 0 Å². The fraction of sp³-hybridized carbons (Fsp3) is 0.615. The second-order valence-electron chi connectivity index (χ2n) is 5.80. The van der Waals surface area contributed by atoms with E-state index in [4.69, 9.17) is 0 Å². The molecule has 0 unspecified atom stereocenters. The SMILES string of the molecule is Cn1cnc2c(N[C@H]3C[C@H]4C[C@@H]3C[C@@H]4O)ncnc21. The summed E-state index contributed by atoms with van der Waals surface area (Å²) >= 11 is 0. The van der Waals surface area contributed by atoms with Crippen molar-refractivity contribution in [3.8, 4) is 0 Å². The predicted molar refractivity (Wildman–Crippen MR) is 70.6 cm³/mol. The molecule has 2 fully saturated rings. The molecule has 0 saturated heterocycles. The van der Waals surface area contributed by atoms with Gasteiger partial charge < -0.3 is 15.0 Å². The number of fused-ring (bicyclic) bond motifs is 3. The topological polar surface area (TPSA) is 75.9 Å². The highest BCUT2D eigenvalue weighted by Crippen LogP contribution is 2.45. The third kappa shape index (κ3) is 1.63. The van der Waals surface area contributed by atoms with Gasteiger partial charge in [0.2, 0.25) is 0 Å². The first kappa shape index (κ1) is 11.2. The Hall–Kier alpha value is -1.69. The molecular formula is C13H17N5O. The molecule has 0 aromatic carbocycles. The molecule has 19 heavy (non-hydrogen) atoms. The van der Waals surface area contributed by atoms with Gasteiger partial charge in [0, 0.05) is 13.1 Å². The second kappa shape index (κ2) is 3.90. The zero-order chi connectivity index (χ0) is 13.0. The normalized spacial score (nSPS) is 33.2. The van der Waals surface area contributed by atoms with Crippen molar-refractivity contribution in [2.45, 2.75) is 31.4 Å². The Morgan fingerprint density at radius 2 is 2.11 bits per heavy atom. The molecular weight excluding hydrogens is 242 g/mol. The number of rotatable bonds is 2. The van der Waals surface area contributed by atoms with Crippen LogP contribution in [0.4, 0.5) is 5.82 Å². The van der Waals surface area contributed by atoms with E-state index in [1.54, 1.807) is 12.7 Å². The summed E-state index contributed by atoms with van der Waals surface area (Å²) in [7, 11) is 1.93. The Balaban J connectivity index is 1.63. The van der Waals surface area contributed by atoms with Crippen LogP contribution < -0.4 is 5.32 Å². The summed E-state index contributed by atoms with van der Waals surface area (Å²) in [6, 6.07) is 0.411. The minimum absolute atomic E-state index is 0.0941. The number of aryl methyl sites for hydroxylation is 1. The molecule has 2 aromatic heterocycles. The second-order valence-corrected chi connectivity index (χ2v) is 5.80. The van der Waals surface area contributed by atoms with E-state index in [1.165, 1.54) is 0 Å². The minimum atomic E-state index is -0.0941. The number of imidazole rings is 1. The summed E-state index contributed by atoms with van der Waals surface area (Å²) in [6.45, 7) is 0. The third-order valence-electron chi connectivity index (χ3n) is 4.64. The average Bonchev–Trinajstić information content (AvgIpc) is 3.05. The van der Waals surface area contributed by atoms with Crippen LogP contribution in [0, 0.1) is 11.8 Å². The lowest BCUT2D eigenvalue weighted by atomic mass is 9.93. The van der Waals surface area contributed by atoms with Crippen LogP contribution in [0.25, 0.3) is 11.2 Å². The Kier molecular flexibility index (Phi) is 2.29. The first-order valence-corrected chi connectivity index (χ1v) is 6.79. The van der Waals surface area contributed by atoms with Gasteiger partial charge in [0.1, 0.15) is 11.8 Å². The molecule has 0 radical (unpaired) electrons. The number of aliphatic hydroxyl groups is 1. The highest BCUT2D eigenvalue weighted by atomic mass is 16.3. The number of aliphatic hydroxyl groups excluding tert-OH is 1. The van der Waals surface area contributed by atoms with E-state index < -0.39 is 0 Å². The zero-order valence-corrected chi connectivity index (χ0v) is 10.8. The van der Waals surface area contributed by atoms with Crippen LogP contribution in [-0.2, 0) is 7.05 Å². The van der Waals surface area contributed by atoms with Crippen LogP contribution in [0.1, 0.15) is 19.3 Å². The number of nitrogens with one attached hydrogen (secondary N) is 1. The van der Waals surface area contributed by atoms with Crippen molar-refractivity contribution in [2.24, 2.45) is 18.9 Å². The lowest BCUT2D eigenvalue weighted by molar-refractivity contribution is 0.110. The van der Waals surface area contributed by atoms with Gasteiger partial charge in [-0.2, -0.15) is 0 Å². The van der Waals surface area contributed by atoms with Crippen LogP contribution in [0.5, 0.6) is 0 Å². The highest BCUT2D eigenvalue weighted by Gasteiger charge is 2.45. The molecule has 6 nitrogen and oxygen atoms in total. The molecule has 2 aliphatic rings. The van der Waals surface area contributed by atoms with Gasteiger partial charge in [-0.3, -0.25) is 0 Å². The maximum Gasteiger partial charge on any atom is 0.165 e. The van der Waals surface area contributed by atoms with Crippen LogP contribution >= 0.6 is 0 Å². The Morgan fingerprint density at radius 1 is 1.21 bits per heavy atom. The molecule has 2 N–H and O–H groups in total. The number of hydrogen-bond donors (Lipinski definition) is 2. The lowest BCUT2D eigenvalue weighted by Gasteiger charge is -2.26. The van der Waals surface area contributed by atoms with E-state index in [0.29, 0.717) is 17.9 Å². The maximum atomic E-state index is 9.81. The van der Waals surface area contributed by atoms with Crippen molar-refractivity contribution in [2.75, 3.05) is 5.32 Å². The van der Waals surface area contributed by atoms with Gasteiger partial charge in [0.25, 0.3) is 0 Å². The number of hydrogen-bond acceptors (Lipinski definition) is 5. The van der Waals surface area contributed by atoms with Gasteiger partial charge in [0.15, 0.2) is 11.5 Å². The summed E-state index contributed by atoms with van der Waals surface area (Å²) in [5.74, 6) is 1.84. The minimum Gasteiger partial charge on any atom is -0.393 e. The summed E-state index contributed by atoms with van der Waals surface area (Å²) < 4.78 is 1.90. The smallest absolute Gasteiger partial charge is 0.165 e. The zero-order valence-electron chi connectivity index (χ0n) is 10.8. The number of anilines is 1. The van der Waals surface area contributed by atoms with Crippen LogP contribution in [-0.4, -0.2) is 36.8 Å².